The van der Waals surface area contributed by atoms with Crippen LogP contribution in [0.3, 0.4) is 0 Å². The highest BCUT2D eigenvalue weighted by Gasteiger charge is 2.09. The minimum absolute atomic E-state index is 1.14. The molecule has 10 heavy (non-hydrogen) atoms. The van der Waals surface area contributed by atoms with Crippen LogP contribution in [0.5, 0.6) is 0 Å². The highest BCUT2D eigenvalue weighted by atomic mass is 14.1. The van der Waals surface area contributed by atoms with Crippen molar-refractivity contribution in [2.45, 2.75) is 26.2 Å². The largest absolute Gasteiger partial charge is 0.0961 e. The van der Waals surface area contributed by atoms with Crippen molar-refractivity contribution in [2.75, 3.05) is 0 Å². The van der Waals surface area contributed by atoms with E-state index in [2.05, 4.69) is 19.2 Å². The summed E-state index contributed by atoms with van der Waals surface area (Å²) in [6.45, 7) is 9.84. The molecule has 0 spiro atoms. The predicted molar refractivity (Wildman–Crippen MR) is 45.9 cm³/mol. The number of allylic oxidation sites excluding steroid dienone is 4. The molecule has 0 aromatic carbocycles. The number of rotatable bonds is 1. The summed E-state index contributed by atoms with van der Waals surface area (Å²) in [5, 5.41) is 0. The summed E-state index contributed by atoms with van der Waals surface area (Å²) in [5.41, 5.74) is 3.86. The Kier molecular flexibility index (Phi) is 2.10. The minimum atomic E-state index is 1.14. The molecule has 0 nitrogen and oxygen atoms in total. The quantitative estimate of drug-likeness (QED) is 0.516. The zero-order chi connectivity index (χ0) is 7.56. The van der Waals surface area contributed by atoms with Crippen LogP contribution in [0.4, 0.5) is 0 Å². The van der Waals surface area contributed by atoms with Gasteiger partial charge in [0.2, 0.25) is 0 Å². The lowest BCUT2D eigenvalue weighted by molar-refractivity contribution is 0.933. The van der Waals surface area contributed by atoms with Crippen molar-refractivity contribution in [1.82, 2.24) is 0 Å². The second-order valence-corrected chi connectivity index (χ2v) is 2.97. The van der Waals surface area contributed by atoms with Crippen molar-refractivity contribution in [3.63, 3.8) is 0 Å². The van der Waals surface area contributed by atoms with E-state index in [1.165, 1.54) is 30.4 Å². The third kappa shape index (κ3) is 1.60. The molecule has 0 radical (unpaired) electrons. The monoisotopic (exact) mass is 134 g/mol. The summed E-state index contributed by atoms with van der Waals surface area (Å²) in [6.07, 6.45) is 5.80. The van der Waals surface area contributed by atoms with Gasteiger partial charge in [-0.15, -0.1) is 0 Å². The molecule has 0 amide bonds. The van der Waals surface area contributed by atoms with Gasteiger partial charge in [0.05, 0.1) is 0 Å². The first kappa shape index (κ1) is 7.33. The van der Waals surface area contributed by atoms with Gasteiger partial charge in [0.1, 0.15) is 0 Å². The first-order valence-electron chi connectivity index (χ1n) is 3.74. The Morgan fingerprint density at radius 1 is 1.50 bits per heavy atom. The van der Waals surface area contributed by atoms with Crippen LogP contribution in [-0.2, 0) is 0 Å². The van der Waals surface area contributed by atoms with Crippen LogP contribution < -0.4 is 0 Å². The van der Waals surface area contributed by atoms with Gasteiger partial charge in [0.15, 0.2) is 0 Å². The molecular formula is C10H14. The summed E-state index contributed by atoms with van der Waals surface area (Å²) in [4.78, 5) is 0. The van der Waals surface area contributed by atoms with Crippen LogP contribution in [-0.4, -0.2) is 0 Å². The predicted octanol–water partition coefficient (Wildman–Crippen LogP) is 3.23. The van der Waals surface area contributed by atoms with Crippen LogP contribution in [0.15, 0.2) is 36.0 Å². The maximum absolute atomic E-state index is 3.98. The molecule has 0 N–H and O–H groups in total. The lowest BCUT2D eigenvalue weighted by Gasteiger charge is -1.96. The normalized spacial score (nSPS) is 22.1. The average molecular weight is 134 g/mol. The van der Waals surface area contributed by atoms with E-state index >= 15 is 0 Å². The first-order chi connectivity index (χ1) is 4.70. The molecule has 0 aromatic heterocycles. The molecule has 1 rings (SSSR count). The van der Waals surface area contributed by atoms with Crippen molar-refractivity contribution in [2.24, 2.45) is 0 Å². The molecule has 0 aromatic rings. The summed E-state index contributed by atoms with van der Waals surface area (Å²) < 4.78 is 0. The summed E-state index contributed by atoms with van der Waals surface area (Å²) in [5.74, 6) is 0. The van der Waals surface area contributed by atoms with E-state index in [1.807, 2.05) is 6.92 Å². The molecule has 0 saturated heterocycles. The van der Waals surface area contributed by atoms with E-state index in [9.17, 15) is 0 Å². The maximum Gasteiger partial charge on any atom is -0.0273 e. The van der Waals surface area contributed by atoms with Gasteiger partial charge in [0, 0.05) is 0 Å². The van der Waals surface area contributed by atoms with Crippen LogP contribution >= 0.6 is 0 Å². The van der Waals surface area contributed by atoms with E-state index in [0.29, 0.717) is 0 Å². The Morgan fingerprint density at radius 3 is 2.60 bits per heavy atom. The fourth-order valence-corrected chi connectivity index (χ4v) is 1.30. The van der Waals surface area contributed by atoms with Crippen molar-refractivity contribution in [3.8, 4) is 0 Å². The molecule has 54 valence electrons. The van der Waals surface area contributed by atoms with Gasteiger partial charge in [0.25, 0.3) is 0 Å². The lowest BCUT2D eigenvalue weighted by Crippen LogP contribution is -1.76. The van der Waals surface area contributed by atoms with E-state index in [-0.39, 0.29) is 0 Å². The smallest absolute Gasteiger partial charge is 0.0273 e. The van der Waals surface area contributed by atoms with E-state index < -0.39 is 0 Å². The SMILES string of the molecule is C=C(C)/C=C1/CCCC1=C. The average Bonchev–Trinajstić information content (AvgIpc) is 2.15. The van der Waals surface area contributed by atoms with Gasteiger partial charge in [-0.3, -0.25) is 0 Å². The summed E-state index contributed by atoms with van der Waals surface area (Å²) in [7, 11) is 0. The van der Waals surface area contributed by atoms with Crippen LogP contribution in [0.25, 0.3) is 0 Å². The van der Waals surface area contributed by atoms with Gasteiger partial charge in [-0.25, -0.2) is 0 Å². The molecule has 0 heteroatoms. The fraction of sp³-hybridized carbons (Fsp3) is 0.400. The fourth-order valence-electron chi connectivity index (χ4n) is 1.30. The van der Waals surface area contributed by atoms with Crippen LogP contribution in [0, 0.1) is 0 Å². The van der Waals surface area contributed by atoms with Gasteiger partial charge < -0.3 is 0 Å². The summed E-state index contributed by atoms with van der Waals surface area (Å²) >= 11 is 0. The van der Waals surface area contributed by atoms with E-state index in [0.717, 1.165) is 5.57 Å². The molecule has 1 aliphatic rings. The second-order valence-electron chi connectivity index (χ2n) is 2.97. The first-order valence-corrected chi connectivity index (χ1v) is 3.74. The second kappa shape index (κ2) is 2.87. The topological polar surface area (TPSA) is 0 Å². The molecule has 0 bridgehead atoms. The third-order valence-corrected chi connectivity index (χ3v) is 1.80. The molecular weight excluding hydrogens is 120 g/mol. The Bertz CT molecular complexity index is 194. The van der Waals surface area contributed by atoms with Gasteiger partial charge >= 0.3 is 0 Å². The van der Waals surface area contributed by atoms with E-state index in [4.69, 9.17) is 0 Å². The van der Waals surface area contributed by atoms with Crippen LogP contribution in [0.2, 0.25) is 0 Å². The number of hydrogen-bond donors (Lipinski definition) is 0. The maximum atomic E-state index is 3.98. The third-order valence-electron chi connectivity index (χ3n) is 1.80. The van der Waals surface area contributed by atoms with Crippen molar-refractivity contribution in [1.29, 1.82) is 0 Å². The molecule has 0 aliphatic heterocycles. The molecule has 0 heterocycles. The zero-order valence-corrected chi connectivity index (χ0v) is 6.61. The minimum Gasteiger partial charge on any atom is -0.0961 e. The van der Waals surface area contributed by atoms with E-state index in [1.54, 1.807) is 0 Å². The Hall–Kier alpha value is -0.780. The highest BCUT2D eigenvalue weighted by molar-refractivity contribution is 5.36. The van der Waals surface area contributed by atoms with Gasteiger partial charge in [-0.1, -0.05) is 30.4 Å². The van der Waals surface area contributed by atoms with Gasteiger partial charge in [-0.2, -0.15) is 0 Å². The lowest BCUT2D eigenvalue weighted by atomic mass is 10.1. The van der Waals surface area contributed by atoms with Crippen LogP contribution in [0.1, 0.15) is 26.2 Å². The molecule has 1 aliphatic carbocycles. The Morgan fingerprint density at radius 2 is 2.20 bits per heavy atom. The Balaban J connectivity index is 2.72. The zero-order valence-electron chi connectivity index (χ0n) is 6.61. The standard InChI is InChI=1S/C10H14/c1-8(2)7-10-6-4-5-9(10)3/h7H,1,3-6H2,2H3/b10-7-. The Labute approximate surface area is 62.9 Å². The van der Waals surface area contributed by atoms with Crippen molar-refractivity contribution >= 4 is 0 Å². The van der Waals surface area contributed by atoms with Crippen molar-refractivity contribution < 1.29 is 0 Å². The van der Waals surface area contributed by atoms with Crippen molar-refractivity contribution in [3.05, 3.63) is 36.0 Å². The molecule has 1 fully saturated rings. The van der Waals surface area contributed by atoms with Gasteiger partial charge in [-0.05, 0) is 31.8 Å². The summed E-state index contributed by atoms with van der Waals surface area (Å²) in [6, 6.07) is 0. The highest BCUT2D eigenvalue weighted by Crippen LogP contribution is 2.29. The molecule has 1 saturated carbocycles. The number of hydrogen-bond acceptors (Lipinski definition) is 0. The molecule has 0 atom stereocenters. The molecule has 0 unspecified atom stereocenters.